The molecule has 4 aromatic rings. The third kappa shape index (κ3) is 5.33. The van der Waals surface area contributed by atoms with Crippen molar-refractivity contribution in [3.63, 3.8) is 0 Å². The predicted molar refractivity (Wildman–Crippen MR) is 128 cm³/mol. The highest BCUT2D eigenvalue weighted by molar-refractivity contribution is 7.09. The monoisotopic (exact) mass is 447 g/mol. The van der Waals surface area contributed by atoms with E-state index < -0.39 is 0 Å². The fourth-order valence-corrected chi connectivity index (χ4v) is 3.78. The first-order valence-electron chi connectivity index (χ1n) is 10.2. The molecular weight excluding hydrogens is 422 g/mol. The minimum atomic E-state index is -0.218. The Bertz CT molecular complexity index is 1200. The molecule has 0 radical (unpaired) electrons. The van der Waals surface area contributed by atoms with Gasteiger partial charge < -0.3 is 15.0 Å². The summed E-state index contributed by atoms with van der Waals surface area (Å²) >= 11 is 1.59. The molecule has 2 aromatic heterocycles. The van der Waals surface area contributed by atoms with E-state index in [1.54, 1.807) is 46.5 Å². The molecule has 1 N–H and O–H groups in total. The van der Waals surface area contributed by atoms with Gasteiger partial charge in [-0.25, -0.2) is 9.67 Å². The van der Waals surface area contributed by atoms with Crippen molar-refractivity contribution in [3.05, 3.63) is 88.0 Å². The number of nitrogens with zero attached hydrogens (tertiary/aromatic N) is 4. The standard InChI is InChI=1S/C24H25N5O2S/c1-17-26-20(16-32-17)15-31-22-6-4-5-19(13-22)24(30)27-23-11-12-25-29(23)14-18-7-9-21(10-8-18)28(2)3/h4-13,16H,14-15H2,1-3H3,(H,27,30). The average Bonchev–Trinajstić information content (AvgIpc) is 3.41. The molecule has 0 bridgehead atoms. The highest BCUT2D eigenvalue weighted by Crippen LogP contribution is 2.19. The van der Waals surface area contributed by atoms with Crippen LogP contribution in [0.3, 0.4) is 0 Å². The lowest BCUT2D eigenvalue weighted by Gasteiger charge is -2.13. The first kappa shape index (κ1) is 21.6. The fourth-order valence-electron chi connectivity index (χ4n) is 3.18. The van der Waals surface area contributed by atoms with Crippen LogP contribution in [0.4, 0.5) is 11.5 Å². The van der Waals surface area contributed by atoms with Crippen LogP contribution in [0.1, 0.15) is 26.6 Å². The molecule has 0 aliphatic rings. The lowest BCUT2D eigenvalue weighted by atomic mass is 10.2. The van der Waals surface area contributed by atoms with Crippen molar-refractivity contribution < 1.29 is 9.53 Å². The normalized spacial score (nSPS) is 10.7. The van der Waals surface area contributed by atoms with Crippen LogP contribution in [0.15, 0.2) is 66.2 Å². The van der Waals surface area contributed by atoms with Crippen LogP contribution in [0, 0.1) is 6.92 Å². The van der Waals surface area contributed by atoms with Crippen LogP contribution < -0.4 is 15.0 Å². The summed E-state index contributed by atoms with van der Waals surface area (Å²) in [5, 5.41) is 10.3. The Morgan fingerprint density at radius 2 is 1.97 bits per heavy atom. The van der Waals surface area contributed by atoms with Gasteiger partial charge in [0.15, 0.2) is 0 Å². The smallest absolute Gasteiger partial charge is 0.256 e. The van der Waals surface area contributed by atoms with Gasteiger partial charge in [-0.15, -0.1) is 11.3 Å². The first-order valence-corrected chi connectivity index (χ1v) is 11.1. The molecular formula is C24H25N5O2S. The molecule has 164 valence electrons. The van der Waals surface area contributed by atoms with Crippen molar-refractivity contribution in [2.45, 2.75) is 20.1 Å². The van der Waals surface area contributed by atoms with Gasteiger partial charge in [-0.2, -0.15) is 5.10 Å². The summed E-state index contributed by atoms with van der Waals surface area (Å²) in [6, 6.07) is 17.2. The highest BCUT2D eigenvalue weighted by atomic mass is 32.1. The minimum absolute atomic E-state index is 0.218. The van der Waals surface area contributed by atoms with Crippen LogP contribution in [0.5, 0.6) is 5.75 Å². The van der Waals surface area contributed by atoms with Crippen LogP contribution in [-0.2, 0) is 13.2 Å². The van der Waals surface area contributed by atoms with E-state index in [1.165, 1.54) is 0 Å². The summed E-state index contributed by atoms with van der Waals surface area (Å²) in [7, 11) is 4.02. The Kier molecular flexibility index (Phi) is 6.51. The molecule has 0 aliphatic heterocycles. The maximum atomic E-state index is 12.8. The van der Waals surface area contributed by atoms with Gasteiger partial charge >= 0.3 is 0 Å². The van der Waals surface area contributed by atoms with Gasteiger partial charge in [0.05, 0.1) is 23.4 Å². The van der Waals surface area contributed by atoms with E-state index in [9.17, 15) is 4.79 Å². The summed E-state index contributed by atoms with van der Waals surface area (Å²) in [5.41, 5.74) is 3.63. The molecule has 0 unspecified atom stereocenters. The Hall–Kier alpha value is -3.65. The largest absolute Gasteiger partial charge is 0.487 e. The van der Waals surface area contributed by atoms with Gasteiger partial charge in [-0.3, -0.25) is 4.79 Å². The van der Waals surface area contributed by atoms with Crippen LogP contribution in [-0.4, -0.2) is 34.8 Å². The lowest BCUT2D eigenvalue weighted by Crippen LogP contribution is -2.16. The Morgan fingerprint density at radius 3 is 2.69 bits per heavy atom. The molecule has 2 aromatic carbocycles. The number of aromatic nitrogens is 3. The molecule has 0 aliphatic carbocycles. The van der Waals surface area contributed by atoms with Crippen molar-refractivity contribution in [3.8, 4) is 5.75 Å². The third-order valence-electron chi connectivity index (χ3n) is 4.89. The number of benzene rings is 2. The Balaban J connectivity index is 1.40. The second-order valence-corrected chi connectivity index (χ2v) is 8.63. The number of carbonyl (C=O) groups is 1. The number of amides is 1. The zero-order chi connectivity index (χ0) is 22.5. The van der Waals surface area contributed by atoms with Crippen molar-refractivity contribution in [1.29, 1.82) is 0 Å². The number of hydrogen-bond donors (Lipinski definition) is 1. The zero-order valence-electron chi connectivity index (χ0n) is 18.3. The second kappa shape index (κ2) is 9.65. The molecule has 32 heavy (non-hydrogen) atoms. The molecule has 4 rings (SSSR count). The molecule has 1 amide bonds. The molecule has 2 heterocycles. The van der Waals surface area contributed by atoms with Crippen molar-refractivity contribution in [2.24, 2.45) is 0 Å². The SMILES string of the molecule is Cc1nc(COc2cccc(C(=O)Nc3ccnn3Cc3ccc(N(C)C)cc3)c2)cs1. The molecule has 7 nitrogen and oxygen atoms in total. The van der Waals surface area contributed by atoms with Crippen LogP contribution in [0.2, 0.25) is 0 Å². The number of carbonyl (C=O) groups excluding carboxylic acids is 1. The van der Waals surface area contributed by atoms with E-state index in [4.69, 9.17) is 4.74 Å². The van der Waals surface area contributed by atoms with E-state index in [1.807, 2.05) is 32.5 Å². The number of thiazole rings is 1. The zero-order valence-corrected chi connectivity index (χ0v) is 19.1. The number of hydrogen-bond acceptors (Lipinski definition) is 6. The average molecular weight is 448 g/mol. The van der Waals surface area contributed by atoms with Crippen molar-refractivity contribution in [1.82, 2.24) is 14.8 Å². The van der Waals surface area contributed by atoms with Crippen LogP contribution >= 0.6 is 11.3 Å². The molecule has 8 heteroatoms. The maximum absolute atomic E-state index is 12.8. The quantitative estimate of drug-likeness (QED) is 0.428. The number of nitrogens with one attached hydrogen (secondary N) is 1. The molecule has 0 atom stereocenters. The number of anilines is 2. The summed E-state index contributed by atoms with van der Waals surface area (Å²) in [5.74, 6) is 1.04. The summed E-state index contributed by atoms with van der Waals surface area (Å²) in [6.07, 6.45) is 1.68. The number of aryl methyl sites for hydroxylation is 1. The summed E-state index contributed by atoms with van der Waals surface area (Å²) < 4.78 is 7.58. The van der Waals surface area contributed by atoms with E-state index >= 15 is 0 Å². The minimum Gasteiger partial charge on any atom is -0.487 e. The lowest BCUT2D eigenvalue weighted by molar-refractivity contribution is 0.102. The van der Waals surface area contributed by atoms with Gasteiger partial charge in [0.2, 0.25) is 0 Å². The van der Waals surface area contributed by atoms with Gasteiger partial charge in [0.25, 0.3) is 5.91 Å². The predicted octanol–water partition coefficient (Wildman–Crippen LogP) is 4.59. The third-order valence-corrected chi connectivity index (χ3v) is 5.72. The van der Waals surface area contributed by atoms with E-state index in [-0.39, 0.29) is 5.91 Å². The highest BCUT2D eigenvalue weighted by Gasteiger charge is 2.11. The summed E-state index contributed by atoms with van der Waals surface area (Å²) in [4.78, 5) is 19.3. The van der Waals surface area contributed by atoms with E-state index in [0.29, 0.717) is 30.3 Å². The topological polar surface area (TPSA) is 72.3 Å². The Labute approximate surface area is 191 Å². The van der Waals surface area contributed by atoms with Crippen LogP contribution in [0.25, 0.3) is 0 Å². The number of rotatable bonds is 8. The van der Waals surface area contributed by atoms with Crippen molar-refractivity contribution in [2.75, 3.05) is 24.3 Å². The number of ether oxygens (including phenoxy) is 1. The molecule has 0 saturated carbocycles. The second-order valence-electron chi connectivity index (χ2n) is 7.56. The van der Waals surface area contributed by atoms with E-state index in [0.717, 1.165) is 22.0 Å². The van der Waals surface area contributed by atoms with Crippen molar-refractivity contribution >= 4 is 28.7 Å². The van der Waals surface area contributed by atoms with Gasteiger partial charge in [-0.1, -0.05) is 18.2 Å². The van der Waals surface area contributed by atoms with Gasteiger partial charge in [0, 0.05) is 36.8 Å². The summed E-state index contributed by atoms with van der Waals surface area (Å²) in [6.45, 7) is 2.89. The fraction of sp³-hybridized carbons (Fsp3) is 0.208. The molecule has 0 spiro atoms. The Morgan fingerprint density at radius 1 is 1.16 bits per heavy atom. The first-order chi connectivity index (χ1) is 15.5. The molecule has 0 fully saturated rings. The van der Waals surface area contributed by atoms with E-state index in [2.05, 4.69) is 44.6 Å². The maximum Gasteiger partial charge on any atom is 0.256 e. The van der Waals surface area contributed by atoms with Gasteiger partial charge in [-0.05, 0) is 42.8 Å². The van der Waals surface area contributed by atoms with Gasteiger partial charge in [0.1, 0.15) is 18.2 Å². The molecule has 0 saturated heterocycles.